The summed E-state index contributed by atoms with van der Waals surface area (Å²) in [6.07, 6.45) is 63.0. The molecule has 0 saturated heterocycles. The third-order valence-corrected chi connectivity index (χ3v) is 12.4. The first kappa shape index (κ1) is 61.6. The maximum Gasteiger partial charge on any atom is 0.306 e. The summed E-state index contributed by atoms with van der Waals surface area (Å²) in [5, 5.41) is 0. The second-order valence-corrected chi connectivity index (χ2v) is 18.9. The molecule has 0 aromatic rings. The van der Waals surface area contributed by atoms with Gasteiger partial charge in [0.1, 0.15) is 13.2 Å². The number of hydrogen-bond acceptors (Lipinski definition) is 6. The van der Waals surface area contributed by atoms with E-state index in [1.807, 2.05) is 0 Å². The normalized spacial score (nSPS) is 12.2. The number of hydrogen-bond donors (Lipinski definition) is 0. The molecule has 0 saturated carbocycles. The van der Waals surface area contributed by atoms with Crippen molar-refractivity contribution >= 4 is 17.9 Å². The minimum absolute atomic E-state index is 0.0697. The fourth-order valence-corrected chi connectivity index (χ4v) is 8.16. The molecular formula is C58H106O6. The molecule has 0 heterocycles. The Morgan fingerprint density at radius 1 is 0.312 bits per heavy atom. The molecule has 0 aliphatic heterocycles. The van der Waals surface area contributed by atoms with Crippen LogP contribution in [0.4, 0.5) is 0 Å². The van der Waals surface area contributed by atoms with Crippen LogP contribution in [0.15, 0.2) is 36.5 Å². The van der Waals surface area contributed by atoms with Crippen molar-refractivity contribution in [3.05, 3.63) is 36.5 Å². The van der Waals surface area contributed by atoms with Gasteiger partial charge in [-0.25, -0.2) is 0 Å². The Balaban J connectivity index is 4.13. The molecule has 0 amide bonds. The highest BCUT2D eigenvalue weighted by molar-refractivity contribution is 5.71. The molecule has 6 heteroatoms. The van der Waals surface area contributed by atoms with Gasteiger partial charge in [0.25, 0.3) is 0 Å². The van der Waals surface area contributed by atoms with Crippen LogP contribution < -0.4 is 0 Å². The van der Waals surface area contributed by atoms with E-state index in [9.17, 15) is 14.4 Å². The number of carbonyl (C=O) groups excluding carboxylic acids is 3. The van der Waals surface area contributed by atoms with Crippen LogP contribution in [0.1, 0.15) is 297 Å². The highest BCUT2D eigenvalue weighted by Gasteiger charge is 2.19. The zero-order chi connectivity index (χ0) is 46.5. The van der Waals surface area contributed by atoms with E-state index >= 15 is 0 Å². The molecule has 0 N–H and O–H groups in total. The Labute approximate surface area is 397 Å². The SMILES string of the molecule is CCCCCCC/C=C\C/C=C\C/C=C\CCCCCCCCCCCCC(=O)OCC(COC(=O)CCCCCCCCC)OC(=O)CCCCCCCCCCCCCCCC. The van der Waals surface area contributed by atoms with Crippen LogP contribution in [0.3, 0.4) is 0 Å². The second-order valence-electron chi connectivity index (χ2n) is 18.9. The molecule has 0 aromatic heterocycles. The monoisotopic (exact) mass is 899 g/mol. The third kappa shape index (κ3) is 50.6. The summed E-state index contributed by atoms with van der Waals surface area (Å²) >= 11 is 0. The molecule has 1 atom stereocenters. The van der Waals surface area contributed by atoms with E-state index in [1.54, 1.807) is 0 Å². The molecule has 0 aromatic carbocycles. The van der Waals surface area contributed by atoms with Crippen LogP contribution in [0, 0.1) is 0 Å². The number of esters is 3. The molecule has 0 aliphatic rings. The summed E-state index contributed by atoms with van der Waals surface area (Å²) in [4.78, 5) is 37.9. The van der Waals surface area contributed by atoms with Gasteiger partial charge in [0.15, 0.2) is 6.10 Å². The first-order valence-corrected chi connectivity index (χ1v) is 28.0. The highest BCUT2D eigenvalue weighted by Crippen LogP contribution is 2.16. The highest BCUT2D eigenvalue weighted by atomic mass is 16.6. The van der Waals surface area contributed by atoms with Crippen LogP contribution >= 0.6 is 0 Å². The summed E-state index contributed by atoms with van der Waals surface area (Å²) in [6, 6.07) is 0. The van der Waals surface area contributed by atoms with E-state index in [0.29, 0.717) is 19.3 Å². The van der Waals surface area contributed by atoms with Crippen LogP contribution in [0.25, 0.3) is 0 Å². The Kier molecular flexibility index (Phi) is 51.3. The molecule has 6 nitrogen and oxygen atoms in total. The maximum absolute atomic E-state index is 12.8. The molecule has 1 unspecified atom stereocenters. The second kappa shape index (κ2) is 53.2. The van der Waals surface area contributed by atoms with Crippen LogP contribution in [-0.2, 0) is 28.6 Å². The molecule has 0 radical (unpaired) electrons. The van der Waals surface area contributed by atoms with Gasteiger partial charge in [-0.1, -0.05) is 256 Å². The minimum Gasteiger partial charge on any atom is -0.462 e. The van der Waals surface area contributed by atoms with E-state index in [4.69, 9.17) is 14.2 Å². The van der Waals surface area contributed by atoms with Gasteiger partial charge in [0.2, 0.25) is 0 Å². The fourth-order valence-electron chi connectivity index (χ4n) is 8.16. The van der Waals surface area contributed by atoms with Crippen molar-refractivity contribution in [3.8, 4) is 0 Å². The Bertz CT molecular complexity index is 1080. The van der Waals surface area contributed by atoms with Crippen molar-refractivity contribution < 1.29 is 28.6 Å². The molecule has 64 heavy (non-hydrogen) atoms. The number of carbonyl (C=O) groups is 3. The van der Waals surface area contributed by atoms with E-state index in [0.717, 1.165) is 70.6 Å². The number of ether oxygens (including phenoxy) is 3. The predicted molar refractivity (Wildman–Crippen MR) is 275 cm³/mol. The predicted octanol–water partition coefficient (Wildman–Crippen LogP) is 18.5. The zero-order valence-electron chi connectivity index (χ0n) is 42.8. The summed E-state index contributed by atoms with van der Waals surface area (Å²) in [5.41, 5.74) is 0. The summed E-state index contributed by atoms with van der Waals surface area (Å²) in [6.45, 7) is 6.61. The first-order valence-electron chi connectivity index (χ1n) is 28.0. The summed E-state index contributed by atoms with van der Waals surface area (Å²) in [5.74, 6) is -0.867. The number of unbranched alkanes of at least 4 members (excludes halogenated alkanes) is 34. The van der Waals surface area contributed by atoms with Gasteiger partial charge in [-0.05, 0) is 57.8 Å². The topological polar surface area (TPSA) is 78.9 Å². The zero-order valence-corrected chi connectivity index (χ0v) is 42.8. The van der Waals surface area contributed by atoms with Gasteiger partial charge >= 0.3 is 17.9 Å². The number of allylic oxidation sites excluding steroid dienone is 6. The lowest BCUT2D eigenvalue weighted by atomic mass is 10.0. The van der Waals surface area contributed by atoms with E-state index in [2.05, 4.69) is 57.2 Å². The largest absolute Gasteiger partial charge is 0.462 e. The molecule has 0 rings (SSSR count). The van der Waals surface area contributed by atoms with E-state index in [1.165, 1.54) is 186 Å². The van der Waals surface area contributed by atoms with Gasteiger partial charge in [-0.15, -0.1) is 0 Å². The smallest absolute Gasteiger partial charge is 0.306 e. The van der Waals surface area contributed by atoms with Crippen molar-refractivity contribution in [2.24, 2.45) is 0 Å². The standard InChI is InChI=1S/C58H106O6/c1-4-7-10-13-16-18-20-22-24-25-26-27-28-29-30-31-32-33-34-36-37-39-42-45-48-51-57(60)63-54-55(53-62-56(59)50-47-44-41-15-12-9-6-3)64-58(61)52-49-46-43-40-38-35-23-21-19-17-14-11-8-5-2/h20,22,25-26,28-29,55H,4-19,21,23-24,27,30-54H2,1-3H3/b22-20-,26-25-,29-28-. The van der Waals surface area contributed by atoms with Crippen molar-refractivity contribution in [2.75, 3.05) is 13.2 Å². The van der Waals surface area contributed by atoms with Gasteiger partial charge < -0.3 is 14.2 Å². The average molecular weight is 899 g/mol. The van der Waals surface area contributed by atoms with Crippen LogP contribution in [0.2, 0.25) is 0 Å². The maximum atomic E-state index is 12.8. The Morgan fingerprint density at radius 3 is 0.875 bits per heavy atom. The van der Waals surface area contributed by atoms with Gasteiger partial charge in [-0.2, -0.15) is 0 Å². The van der Waals surface area contributed by atoms with Gasteiger partial charge in [-0.3, -0.25) is 14.4 Å². The molecule has 0 fully saturated rings. The van der Waals surface area contributed by atoms with Crippen molar-refractivity contribution in [2.45, 2.75) is 303 Å². The molecular weight excluding hydrogens is 793 g/mol. The van der Waals surface area contributed by atoms with Crippen LogP contribution in [-0.4, -0.2) is 37.2 Å². The van der Waals surface area contributed by atoms with Crippen molar-refractivity contribution in [1.29, 1.82) is 0 Å². The third-order valence-electron chi connectivity index (χ3n) is 12.4. The lowest BCUT2D eigenvalue weighted by Crippen LogP contribution is -2.30. The molecule has 0 aliphatic carbocycles. The van der Waals surface area contributed by atoms with Crippen LogP contribution in [0.5, 0.6) is 0 Å². The lowest BCUT2D eigenvalue weighted by Gasteiger charge is -2.18. The minimum atomic E-state index is -0.767. The molecule has 0 bridgehead atoms. The number of rotatable bonds is 51. The first-order chi connectivity index (χ1) is 31.5. The Hall–Kier alpha value is -2.37. The Morgan fingerprint density at radius 2 is 0.562 bits per heavy atom. The average Bonchev–Trinajstić information content (AvgIpc) is 3.29. The fraction of sp³-hybridized carbons (Fsp3) is 0.845. The van der Waals surface area contributed by atoms with Crippen molar-refractivity contribution in [1.82, 2.24) is 0 Å². The molecule has 374 valence electrons. The molecule has 0 spiro atoms. The van der Waals surface area contributed by atoms with Gasteiger partial charge in [0, 0.05) is 19.3 Å². The summed E-state index contributed by atoms with van der Waals surface area (Å²) in [7, 11) is 0. The van der Waals surface area contributed by atoms with Gasteiger partial charge in [0.05, 0.1) is 0 Å². The van der Waals surface area contributed by atoms with Crippen molar-refractivity contribution in [3.63, 3.8) is 0 Å². The van der Waals surface area contributed by atoms with E-state index in [-0.39, 0.29) is 31.1 Å². The summed E-state index contributed by atoms with van der Waals surface area (Å²) < 4.78 is 16.8. The quantitative estimate of drug-likeness (QED) is 0.0262. The lowest BCUT2D eigenvalue weighted by molar-refractivity contribution is -0.167. The van der Waals surface area contributed by atoms with E-state index < -0.39 is 6.10 Å².